The Morgan fingerprint density at radius 3 is 2.54 bits per heavy atom. The molecule has 0 saturated carbocycles. The van der Waals surface area contributed by atoms with Gasteiger partial charge in [-0.3, -0.25) is 0 Å². The van der Waals surface area contributed by atoms with E-state index in [1.165, 1.54) is 0 Å². The average Bonchev–Trinajstić information content (AvgIpc) is 3.01. The van der Waals surface area contributed by atoms with Crippen LogP contribution in [0.5, 0.6) is 0 Å². The minimum atomic E-state index is -4.56. The molecule has 10 heteroatoms. The molecule has 0 bridgehead atoms. The Morgan fingerprint density at radius 2 is 1.88 bits per heavy atom. The molecule has 2 aromatic rings. The van der Waals surface area contributed by atoms with Crippen LogP contribution < -0.4 is 10.2 Å². The number of nitrogens with zero attached hydrogens (tertiary/aromatic N) is 3. The third-order valence-corrected chi connectivity index (χ3v) is 4.37. The molecule has 1 aliphatic rings. The summed E-state index contributed by atoms with van der Waals surface area (Å²) in [4.78, 5) is 10.5. The van der Waals surface area contributed by atoms with Gasteiger partial charge in [-0.1, -0.05) is 0 Å². The Kier molecular flexibility index (Phi) is 6.81. The maximum absolute atomic E-state index is 13.4. The lowest BCUT2D eigenvalue weighted by Crippen LogP contribution is -2.32. The normalized spacial score (nSPS) is 17.3. The molecular weight excluding hydrogens is 440 g/mol. The van der Waals surface area contributed by atoms with E-state index in [1.807, 2.05) is 4.90 Å². The highest BCUT2D eigenvalue weighted by molar-refractivity contribution is 9.10. The van der Waals surface area contributed by atoms with Crippen LogP contribution in [-0.4, -0.2) is 29.1 Å². The van der Waals surface area contributed by atoms with Crippen molar-refractivity contribution in [2.75, 3.05) is 18.0 Å². The minimum absolute atomic E-state index is 0. The van der Waals surface area contributed by atoms with E-state index >= 15 is 0 Å². The van der Waals surface area contributed by atoms with E-state index < -0.39 is 17.6 Å². The van der Waals surface area contributed by atoms with Gasteiger partial charge in [0.05, 0.1) is 10.0 Å². The summed E-state index contributed by atoms with van der Waals surface area (Å²) in [5.41, 5.74) is -0.703. The van der Waals surface area contributed by atoms with E-state index in [-0.39, 0.29) is 30.6 Å². The van der Waals surface area contributed by atoms with Gasteiger partial charge in [-0.25, -0.2) is 14.4 Å². The number of nitrogens with one attached hydrogen (secondary N) is 1. The van der Waals surface area contributed by atoms with Crippen LogP contribution in [0.1, 0.15) is 17.5 Å². The van der Waals surface area contributed by atoms with Crippen molar-refractivity contribution in [2.45, 2.75) is 25.2 Å². The fourth-order valence-electron chi connectivity index (χ4n) is 2.76. The lowest BCUT2D eigenvalue weighted by atomic mass is 10.1. The zero-order valence-electron chi connectivity index (χ0n) is 13.4. The Balaban J connectivity index is 0.00000243. The molecular formula is C16H16BrClF4N4. The van der Waals surface area contributed by atoms with E-state index in [1.54, 1.807) is 12.4 Å². The number of rotatable bonds is 4. The molecule has 1 aromatic carbocycles. The molecule has 1 N–H and O–H groups in total. The molecule has 1 atom stereocenters. The molecule has 3 rings (SSSR count). The maximum atomic E-state index is 13.4. The van der Waals surface area contributed by atoms with E-state index in [0.717, 1.165) is 29.6 Å². The van der Waals surface area contributed by atoms with Crippen molar-refractivity contribution in [3.8, 4) is 0 Å². The second-order valence-corrected chi connectivity index (χ2v) is 6.78. The number of anilines is 1. The second kappa shape index (κ2) is 8.49. The zero-order chi connectivity index (χ0) is 18.0. The first-order valence-corrected chi connectivity index (χ1v) is 8.43. The highest BCUT2D eigenvalue weighted by Crippen LogP contribution is 2.30. The van der Waals surface area contributed by atoms with Gasteiger partial charge < -0.3 is 10.2 Å². The lowest BCUT2D eigenvalue weighted by Gasteiger charge is -2.17. The van der Waals surface area contributed by atoms with Gasteiger partial charge in [0.15, 0.2) is 0 Å². The van der Waals surface area contributed by atoms with Crippen LogP contribution in [0.25, 0.3) is 0 Å². The first-order chi connectivity index (χ1) is 11.8. The van der Waals surface area contributed by atoms with Crippen LogP contribution >= 0.6 is 28.3 Å². The molecule has 4 nitrogen and oxygen atoms in total. The number of hydrogen-bond donors (Lipinski definition) is 1. The summed E-state index contributed by atoms with van der Waals surface area (Å²) in [6.07, 6.45) is -0.427. The number of alkyl halides is 3. The SMILES string of the molecule is Cl.Fc1cc(CN[C@H]2CCN(c3ncc(Br)cn3)C2)cc(C(F)(F)F)c1. The molecule has 2 heterocycles. The topological polar surface area (TPSA) is 41.0 Å². The van der Waals surface area contributed by atoms with Crippen molar-refractivity contribution in [3.05, 3.63) is 52.0 Å². The van der Waals surface area contributed by atoms with Gasteiger partial charge in [0.2, 0.25) is 5.95 Å². The summed E-state index contributed by atoms with van der Waals surface area (Å²) in [5, 5.41) is 3.17. The van der Waals surface area contributed by atoms with E-state index in [4.69, 9.17) is 0 Å². The molecule has 0 unspecified atom stereocenters. The lowest BCUT2D eigenvalue weighted by molar-refractivity contribution is -0.137. The van der Waals surface area contributed by atoms with Crippen LogP contribution in [0.4, 0.5) is 23.5 Å². The van der Waals surface area contributed by atoms with E-state index in [0.29, 0.717) is 18.6 Å². The van der Waals surface area contributed by atoms with Gasteiger partial charge in [0, 0.05) is 38.1 Å². The van der Waals surface area contributed by atoms with E-state index in [9.17, 15) is 17.6 Å². The first kappa shape index (κ1) is 20.9. The van der Waals surface area contributed by atoms with Gasteiger partial charge in [0.25, 0.3) is 0 Å². The highest BCUT2D eigenvalue weighted by atomic mass is 79.9. The van der Waals surface area contributed by atoms with Crippen molar-refractivity contribution in [1.82, 2.24) is 15.3 Å². The molecule has 142 valence electrons. The van der Waals surface area contributed by atoms with Crippen LogP contribution in [-0.2, 0) is 12.7 Å². The van der Waals surface area contributed by atoms with Crippen LogP contribution in [0, 0.1) is 5.82 Å². The summed E-state index contributed by atoms with van der Waals surface area (Å²) in [5.74, 6) is -0.277. The average molecular weight is 456 g/mol. The van der Waals surface area contributed by atoms with Gasteiger partial charge in [-0.05, 0) is 46.1 Å². The molecule has 1 fully saturated rings. The summed E-state index contributed by atoms with van der Waals surface area (Å²) in [6.45, 7) is 1.56. The Labute approximate surface area is 162 Å². The molecule has 0 amide bonds. The van der Waals surface area contributed by atoms with Crippen LogP contribution in [0.3, 0.4) is 0 Å². The Bertz CT molecular complexity index is 742. The maximum Gasteiger partial charge on any atom is 0.416 e. The first-order valence-electron chi connectivity index (χ1n) is 7.64. The zero-order valence-corrected chi connectivity index (χ0v) is 15.8. The van der Waals surface area contributed by atoms with Gasteiger partial charge in [-0.2, -0.15) is 13.2 Å². The second-order valence-electron chi connectivity index (χ2n) is 5.86. The predicted octanol–water partition coefficient (Wildman–Crippen LogP) is 4.19. The van der Waals surface area contributed by atoms with Crippen molar-refractivity contribution in [1.29, 1.82) is 0 Å². The largest absolute Gasteiger partial charge is 0.416 e. The smallest absolute Gasteiger partial charge is 0.339 e. The van der Waals surface area contributed by atoms with E-state index in [2.05, 4.69) is 31.2 Å². The third-order valence-electron chi connectivity index (χ3n) is 3.96. The highest BCUT2D eigenvalue weighted by Gasteiger charge is 2.31. The van der Waals surface area contributed by atoms with Crippen molar-refractivity contribution >= 4 is 34.3 Å². The monoisotopic (exact) mass is 454 g/mol. The standard InChI is InChI=1S/C16H15BrF4N4.ClH/c17-12-7-23-15(24-8-12)25-2-1-14(9-25)22-6-10-3-11(16(19,20)21)5-13(18)4-10;/h3-5,7-8,14,22H,1-2,6,9H2;1H/t14-;/m0./s1. The van der Waals surface area contributed by atoms with Gasteiger partial charge in [0.1, 0.15) is 5.82 Å². The Hall–Kier alpha value is -1.45. The third kappa shape index (κ3) is 5.28. The minimum Gasteiger partial charge on any atom is -0.339 e. The number of aromatic nitrogens is 2. The number of benzene rings is 1. The molecule has 1 aliphatic heterocycles. The quantitative estimate of drug-likeness (QED) is 0.702. The molecule has 0 spiro atoms. The molecule has 1 aromatic heterocycles. The Morgan fingerprint density at radius 1 is 1.19 bits per heavy atom. The summed E-state index contributed by atoms with van der Waals surface area (Å²) >= 11 is 3.28. The van der Waals surface area contributed by atoms with Crippen molar-refractivity contribution in [3.63, 3.8) is 0 Å². The number of halogens is 6. The number of hydrogen-bond acceptors (Lipinski definition) is 4. The van der Waals surface area contributed by atoms with Crippen molar-refractivity contribution < 1.29 is 17.6 Å². The molecule has 0 aliphatic carbocycles. The molecule has 1 saturated heterocycles. The molecule has 0 radical (unpaired) electrons. The van der Waals surface area contributed by atoms with Crippen LogP contribution in [0.2, 0.25) is 0 Å². The summed E-state index contributed by atoms with van der Waals surface area (Å²) < 4.78 is 52.4. The van der Waals surface area contributed by atoms with Crippen LogP contribution in [0.15, 0.2) is 35.1 Å². The van der Waals surface area contributed by atoms with Gasteiger partial charge >= 0.3 is 6.18 Å². The summed E-state index contributed by atoms with van der Waals surface area (Å²) in [6, 6.07) is 2.67. The fourth-order valence-corrected chi connectivity index (χ4v) is 2.96. The van der Waals surface area contributed by atoms with Crippen molar-refractivity contribution in [2.24, 2.45) is 0 Å². The van der Waals surface area contributed by atoms with Gasteiger partial charge in [-0.15, -0.1) is 12.4 Å². The summed E-state index contributed by atoms with van der Waals surface area (Å²) in [7, 11) is 0. The molecule has 26 heavy (non-hydrogen) atoms. The fraction of sp³-hybridized carbons (Fsp3) is 0.375. The predicted molar refractivity (Wildman–Crippen MR) is 95.8 cm³/mol.